The van der Waals surface area contributed by atoms with Crippen molar-refractivity contribution in [3.05, 3.63) is 17.7 Å². The van der Waals surface area contributed by atoms with Gasteiger partial charge in [0.05, 0.1) is 14.2 Å². The number of nitrogens with one attached hydrogen (secondary N) is 1. The van der Waals surface area contributed by atoms with Crippen molar-refractivity contribution >= 4 is 0 Å². The van der Waals surface area contributed by atoms with E-state index in [1.165, 1.54) is 0 Å². The van der Waals surface area contributed by atoms with Gasteiger partial charge in [0, 0.05) is 12.1 Å². The van der Waals surface area contributed by atoms with Gasteiger partial charge in [0.2, 0.25) is 5.75 Å². The molecule has 0 heterocycles. The van der Waals surface area contributed by atoms with Gasteiger partial charge in [-0.1, -0.05) is 0 Å². The molecule has 0 unspecified atom stereocenters. The van der Waals surface area contributed by atoms with Crippen LogP contribution in [0.4, 0.5) is 0 Å². The van der Waals surface area contributed by atoms with E-state index in [-0.39, 0.29) is 12.1 Å². The van der Waals surface area contributed by atoms with Crippen LogP contribution in [0.15, 0.2) is 12.1 Å². The smallest absolute Gasteiger partial charge is 0.204 e. The van der Waals surface area contributed by atoms with Crippen LogP contribution in [0, 0.1) is 11.3 Å². The number of ether oxygens (including phenoxy) is 3. The van der Waals surface area contributed by atoms with E-state index in [2.05, 4.69) is 26.1 Å². The monoisotopic (exact) mass is 278 g/mol. The van der Waals surface area contributed by atoms with Crippen molar-refractivity contribution in [3.8, 4) is 23.3 Å². The molecule has 0 fully saturated rings. The Labute approximate surface area is 120 Å². The van der Waals surface area contributed by atoms with Crippen LogP contribution in [0.2, 0.25) is 0 Å². The van der Waals surface area contributed by atoms with Gasteiger partial charge in [0.15, 0.2) is 18.1 Å². The summed E-state index contributed by atoms with van der Waals surface area (Å²) < 4.78 is 16.0. The molecule has 0 aromatic heterocycles. The summed E-state index contributed by atoms with van der Waals surface area (Å²) >= 11 is 0. The number of nitriles is 1. The molecule has 0 aliphatic rings. The number of rotatable bonds is 6. The van der Waals surface area contributed by atoms with E-state index >= 15 is 0 Å². The van der Waals surface area contributed by atoms with Gasteiger partial charge in [-0.05, 0) is 38.5 Å². The van der Waals surface area contributed by atoms with E-state index in [0.717, 1.165) is 5.56 Å². The third kappa shape index (κ3) is 4.63. The highest BCUT2D eigenvalue weighted by molar-refractivity contribution is 5.54. The predicted molar refractivity (Wildman–Crippen MR) is 77.2 cm³/mol. The fourth-order valence-electron chi connectivity index (χ4n) is 1.65. The summed E-state index contributed by atoms with van der Waals surface area (Å²) in [6.07, 6.45) is 0. The van der Waals surface area contributed by atoms with E-state index in [4.69, 9.17) is 19.5 Å². The normalized spacial score (nSPS) is 10.8. The zero-order valence-electron chi connectivity index (χ0n) is 12.7. The Kier molecular flexibility index (Phi) is 5.66. The average Bonchev–Trinajstić information content (AvgIpc) is 2.41. The second-order valence-electron chi connectivity index (χ2n) is 5.38. The molecule has 1 N–H and O–H groups in total. The van der Waals surface area contributed by atoms with Crippen LogP contribution in [-0.4, -0.2) is 26.4 Å². The first-order chi connectivity index (χ1) is 9.41. The summed E-state index contributed by atoms with van der Waals surface area (Å²) in [5, 5.41) is 12.0. The summed E-state index contributed by atoms with van der Waals surface area (Å²) in [5.41, 5.74) is 1.05. The molecule has 5 heteroatoms. The molecule has 0 aliphatic heterocycles. The maximum Gasteiger partial charge on any atom is 0.204 e. The Morgan fingerprint density at radius 1 is 1.15 bits per heavy atom. The minimum absolute atomic E-state index is 0.0243. The third-order valence-corrected chi connectivity index (χ3v) is 2.62. The average molecular weight is 278 g/mol. The van der Waals surface area contributed by atoms with Crippen LogP contribution in [0.1, 0.15) is 26.3 Å². The molecule has 1 aromatic carbocycles. The number of hydrogen-bond acceptors (Lipinski definition) is 5. The van der Waals surface area contributed by atoms with Gasteiger partial charge < -0.3 is 19.5 Å². The van der Waals surface area contributed by atoms with Gasteiger partial charge in [0.1, 0.15) is 6.07 Å². The molecule has 1 aromatic rings. The number of hydrogen-bond donors (Lipinski definition) is 1. The third-order valence-electron chi connectivity index (χ3n) is 2.62. The molecule has 5 nitrogen and oxygen atoms in total. The highest BCUT2D eigenvalue weighted by atomic mass is 16.5. The van der Waals surface area contributed by atoms with Crippen LogP contribution in [0.25, 0.3) is 0 Å². The van der Waals surface area contributed by atoms with Crippen molar-refractivity contribution in [3.63, 3.8) is 0 Å². The van der Waals surface area contributed by atoms with Crippen molar-refractivity contribution in [2.75, 3.05) is 20.8 Å². The number of nitrogens with zero attached hydrogens (tertiary/aromatic N) is 1. The minimum Gasteiger partial charge on any atom is -0.493 e. The Bertz CT molecular complexity index is 462. The van der Waals surface area contributed by atoms with E-state index < -0.39 is 0 Å². The fourth-order valence-corrected chi connectivity index (χ4v) is 1.65. The highest BCUT2D eigenvalue weighted by Gasteiger charge is 2.15. The van der Waals surface area contributed by atoms with Crippen LogP contribution in [0.3, 0.4) is 0 Å². The Hall–Kier alpha value is -1.93. The first-order valence-electron chi connectivity index (χ1n) is 6.41. The summed E-state index contributed by atoms with van der Waals surface area (Å²) in [4.78, 5) is 0. The van der Waals surface area contributed by atoms with E-state index in [1.807, 2.05) is 18.2 Å². The lowest BCUT2D eigenvalue weighted by molar-refractivity contribution is 0.302. The van der Waals surface area contributed by atoms with E-state index in [9.17, 15) is 0 Å². The Balaban J connectivity index is 3.03. The molecule has 20 heavy (non-hydrogen) atoms. The summed E-state index contributed by atoms with van der Waals surface area (Å²) in [6.45, 7) is 6.95. The standard InChI is InChI=1S/C15H22N2O3/c1-15(2,3)17-10-11-8-12(18-4)14(20-7-6-16)13(9-11)19-5/h8-9,17H,7,10H2,1-5H3. The highest BCUT2D eigenvalue weighted by Crippen LogP contribution is 2.38. The SMILES string of the molecule is COc1cc(CNC(C)(C)C)cc(OC)c1OCC#N. The lowest BCUT2D eigenvalue weighted by atomic mass is 10.1. The van der Waals surface area contributed by atoms with E-state index in [1.54, 1.807) is 14.2 Å². The van der Waals surface area contributed by atoms with Gasteiger partial charge in [0.25, 0.3) is 0 Å². The largest absolute Gasteiger partial charge is 0.493 e. The Morgan fingerprint density at radius 2 is 1.70 bits per heavy atom. The minimum atomic E-state index is -0.0493. The van der Waals surface area contributed by atoms with Crippen LogP contribution in [0.5, 0.6) is 17.2 Å². The molecule has 0 aliphatic carbocycles. The number of methoxy groups -OCH3 is 2. The molecule has 1 rings (SSSR count). The van der Waals surface area contributed by atoms with Crippen molar-refractivity contribution in [1.82, 2.24) is 5.32 Å². The molecule has 110 valence electrons. The van der Waals surface area contributed by atoms with Gasteiger partial charge >= 0.3 is 0 Å². The second-order valence-corrected chi connectivity index (χ2v) is 5.38. The second kappa shape index (κ2) is 7.01. The first-order valence-corrected chi connectivity index (χ1v) is 6.41. The summed E-state index contributed by atoms with van der Waals surface area (Å²) in [7, 11) is 3.13. The Morgan fingerprint density at radius 3 is 2.10 bits per heavy atom. The molecule has 0 saturated heterocycles. The molecule has 0 amide bonds. The zero-order chi connectivity index (χ0) is 15.2. The van der Waals surface area contributed by atoms with Crippen molar-refractivity contribution in [2.45, 2.75) is 32.9 Å². The molecule has 0 atom stereocenters. The van der Waals surface area contributed by atoms with Crippen LogP contribution < -0.4 is 19.5 Å². The quantitative estimate of drug-likeness (QED) is 0.866. The number of benzene rings is 1. The first kappa shape index (κ1) is 16.1. The maximum absolute atomic E-state index is 8.62. The van der Waals surface area contributed by atoms with Gasteiger partial charge in [-0.25, -0.2) is 0 Å². The van der Waals surface area contributed by atoms with Crippen LogP contribution >= 0.6 is 0 Å². The van der Waals surface area contributed by atoms with Crippen molar-refractivity contribution in [1.29, 1.82) is 5.26 Å². The van der Waals surface area contributed by atoms with Gasteiger partial charge in [-0.3, -0.25) is 0 Å². The molecule has 0 bridgehead atoms. The summed E-state index contributed by atoms with van der Waals surface area (Å²) in [6, 6.07) is 5.70. The lowest BCUT2D eigenvalue weighted by Gasteiger charge is -2.21. The maximum atomic E-state index is 8.62. The van der Waals surface area contributed by atoms with Crippen molar-refractivity contribution in [2.24, 2.45) is 0 Å². The fraction of sp³-hybridized carbons (Fsp3) is 0.533. The zero-order valence-corrected chi connectivity index (χ0v) is 12.7. The molecular weight excluding hydrogens is 256 g/mol. The predicted octanol–water partition coefficient (Wildman–Crippen LogP) is 2.49. The topological polar surface area (TPSA) is 63.5 Å². The molecule has 0 saturated carbocycles. The van der Waals surface area contributed by atoms with Gasteiger partial charge in [-0.15, -0.1) is 0 Å². The summed E-state index contributed by atoms with van der Waals surface area (Å²) in [5.74, 6) is 1.58. The molecular formula is C15H22N2O3. The lowest BCUT2D eigenvalue weighted by Crippen LogP contribution is -2.35. The van der Waals surface area contributed by atoms with Crippen molar-refractivity contribution < 1.29 is 14.2 Å². The van der Waals surface area contributed by atoms with Gasteiger partial charge in [-0.2, -0.15) is 5.26 Å². The molecule has 0 spiro atoms. The van der Waals surface area contributed by atoms with E-state index in [0.29, 0.717) is 23.8 Å². The molecule has 0 radical (unpaired) electrons. The van der Waals surface area contributed by atoms with Crippen LogP contribution in [-0.2, 0) is 6.54 Å².